The zero-order valence-electron chi connectivity index (χ0n) is 18.0. The number of fused-ring (bicyclic) bond motifs is 1. The molecule has 2 aromatic heterocycles. The Hall–Kier alpha value is -4.14. The molecule has 0 saturated carbocycles. The summed E-state index contributed by atoms with van der Waals surface area (Å²) in [6, 6.07) is 12.6. The summed E-state index contributed by atoms with van der Waals surface area (Å²) < 4.78 is 13.7. The Kier molecular flexibility index (Phi) is 5.89. The molecule has 0 atom stereocenters. The molecule has 32 heavy (non-hydrogen) atoms. The molecule has 0 aliphatic rings. The third kappa shape index (κ3) is 4.04. The van der Waals surface area contributed by atoms with Crippen molar-refractivity contribution >= 4 is 16.9 Å². The third-order valence-electron chi connectivity index (χ3n) is 4.79. The van der Waals surface area contributed by atoms with Gasteiger partial charge in [-0.1, -0.05) is 17.7 Å². The van der Waals surface area contributed by atoms with Crippen LogP contribution in [0.2, 0.25) is 0 Å². The molecule has 9 heteroatoms. The molecule has 2 aromatic carbocycles. The Bertz CT molecular complexity index is 1320. The van der Waals surface area contributed by atoms with E-state index in [9.17, 15) is 9.59 Å². The highest BCUT2D eigenvalue weighted by atomic mass is 16.5. The first-order chi connectivity index (χ1) is 15.5. The van der Waals surface area contributed by atoms with E-state index in [0.29, 0.717) is 35.9 Å². The molecule has 0 fully saturated rings. The summed E-state index contributed by atoms with van der Waals surface area (Å²) in [5, 5.41) is 4.58. The van der Waals surface area contributed by atoms with Gasteiger partial charge in [0.15, 0.2) is 17.1 Å². The molecule has 0 aliphatic carbocycles. The Labute approximate surface area is 184 Å². The van der Waals surface area contributed by atoms with Gasteiger partial charge in [-0.3, -0.25) is 15.0 Å². The largest absolute Gasteiger partial charge is 0.490 e. The van der Waals surface area contributed by atoms with Gasteiger partial charge in [0, 0.05) is 5.56 Å². The molecule has 0 saturated heterocycles. The van der Waals surface area contributed by atoms with E-state index in [4.69, 9.17) is 9.47 Å². The molecule has 4 aromatic rings. The number of amides is 1. The summed E-state index contributed by atoms with van der Waals surface area (Å²) in [5.74, 6) is 0.528. The second kappa shape index (κ2) is 8.93. The van der Waals surface area contributed by atoms with Crippen LogP contribution in [-0.4, -0.2) is 38.6 Å². The number of carbonyl (C=O) groups excluding carboxylic acids is 1. The second-order valence-electron chi connectivity index (χ2n) is 7.02. The standard InChI is InChI=1S/C23H23N5O4/c1-4-31-19-11-8-16(12-20(19)32-5-2)22(29)26-27-14-24-21-18(23(27)30)13-25-28(21)17-9-6-15(3)7-10-17/h6-14H,4-5H2,1-3H3,(H,26,29). The molecule has 0 unspecified atom stereocenters. The number of nitrogens with zero attached hydrogens (tertiary/aromatic N) is 4. The minimum absolute atomic E-state index is 0.287. The lowest BCUT2D eigenvalue weighted by Crippen LogP contribution is -2.33. The Morgan fingerprint density at radius 2 is 1.75 bits per heavy atom. The Morgan fingerprint density at radius 3 is 2.47 bits per heavy atom. The quantitative estimate of drug-likeness (QED) is 0.481. The number of carbonyl (C=O) groups is 1. The van der Waals surface area contributed by atoms with Crippen LogP contribution in [0, 0.1) is 6.92 Å². The summed E-state index contributed by atoms with van der Waals surface area (Å²) in [6.07, 6.45) is 2.71. The zero-order chi connectivity index (χ0) is 22.7. The van der Waals surface area contributed by atoms with Crippen molar-refractivity contribution in [2.75, 3.05) is 18.6 Å². The lowest BCUT2D eigenvalue weighted by atomic mass is 10.2. The summed E-state index contributed by atoms with van der Waals surface area (Å²) in [6.45, 7) is 6.61. The first-order valence-corrected chi connectivity index (χ1v) is 10.2. The summed E-state index contributed by atoms with van der Waals surface area (Å²) >= 11 is 0. The summed E-state index contributed by atoms with van der Waals surface area (Å²) in [5.41, 5.74) is 4.76. The number of hydrogen-bond acceptors (Lipinski definition) is 6. The number of ether oxygens (including phenoxy) is 2. The van der Waals surface area contributed by atoms with E-state index in [-0.39, 0.29) is 5.39 Å². The van der Waals surface area contributed by atoms with Gasteiger partial charge in [0.2, 0.25) is 0 Å². The van der Waals surface area contributed by atoms with Crippen molar-refractivity contribution in [2.24, 2.45) is 0 Å². The second-order valence-corrected chi connectivity index (χ2v) is 7.02. The van der Waals surface area contributed by atoms with Gasteiger partial charge in [-0.2, -0.15) is 5.10 Å². The van der Waals surface area contributed by atoms with Crippen LogP contribution in [0.4, 0.5) is 0 Å². The van der Waals surface area contributed by atoms with Gasteiger partial charge in [0.1, 0.15) is 11.7 Å². The minimum atomic E-state index is -0.483. The maximum absolute atomic E-state index is 12.9. The monoisotopic (exact) mass is 433 g/mol. The predicted molar refractivity (Wildman–Crippen MR) is 120 cm³/mol. The van der Waals surface area contributed by atoms with E-state index in [2.05, 4.69) is 15.5 Å². The van der Waals surface area contributed by atoms with Crippen molar-refractivity contribution in [3.63, 3.8) is 0 Å². The third-order valence-corrected chi connectivity index (χ3v) is 4.79. The van der Waals surface area contributed by atoms with Gasteiger partial charge in [-0.05, 0) is 51.1 Å². The number of aromatic nitrogens is 4. The molecule has 2 heterocycles. The van der Waals surface area contributed by atoms with E-state index in [1.54, 1.807) is 22.9 Å². The summed E-state index contributed by atoms with van der Waals surface area (Å²) in [7, 11) is 0. The fourth-order valence-corrected chi connectivity index (χ4v) is 3.23. The highest BCUT2D eigenvalue weighted by molar-refractivity contribution is 6.00. The fourth-order valence-electron chi connectivity index (χ4n) is 3.23. The fraction of sp³-hybridized carbons (Fsp3) is 0.217. The van der Waals surface area contributed by atoms with E-state index in [1.807, 2.05) is 45.0 Å². The SMILES string of the molecule is CCOc1ccc(C(=O)Nn2cnc3c(cnn3-c3ccc(C)cc3)c2=O)cc1OCC. The van der Waals surface area contributed by atoms with Crippen LogP contribution in [0.5, 0.6) is 11.5 Å². The number of nitrogens with one attached hydrogen (secondary N) is 1. The molecule has 0 aliphatic heterocycles. The highest BCUT2D eigenvalue weighted by Gasteiger charge is 2.15. The van der Waals surface area contributed by atoms with Crippen LogP contribution in [0.15, 0.2) is 59.8 Å². The summed E-state index contributed by atoms with van der Waals surface area (Å²) in [4.78, 5) is 30.0. The number of rotatable bonds is 7. The Balaban J connectivity index is 1.63. The minimum Gasteiger partial charge on any atom is -0.490 e. The van der Waals surface area contributed by atoms with Crippen LogP contribution in [0.1, 0.15) is 29.8 Å². The molecule has 0 radical (unpaired) electrons. The molecule has 9 nitrogen and oxygen atoms in total. The van der Waals surface area contributed by atoms with E-state index >= 15 is 0 Å². The molecule has 0 bridgehead atoms. The maximum atomic E-state index is 12.9. The first kappa shape index (κ1) is 21.1. The number of hydrogen-bond donors (Lipinski definition) is 1. The molecular formula is C23H23N5O4. The van der Waals surface area contributed by atoms with E-state index in [0.717, 1.165) is 15.9 Å². The molecule has 0 spiro atoms. The van der Waals surface area contributed by atoms with Gasteiger partial charge in [0.05, 0.1) is 25.1 Å². The average molecular weight is 433 g/mol. The van der Waals surface area contributed by atoms with Crippen LogP contribution >= 0.6 is 0 Å². The molecule has 164 valence electrons. The number of aryl methyl sites for hydroxylation is 1. The predicted octanol–water partition coefficient (Wildman–Crippen LogP) is 3.07. The van der Waals surface area contributed by atoms with Gasteiger partial charge in [-0.25, -0.2) is 14.3 Å². The molecule has 1 N–H and O–H groups in total. The van der Waals surface area contributed by atoms with Crippen LogP contribution < -0.4 is 20.5 Å². The van der Waals surface area contributed by atoms with E-state index in [1.165, 1.54) is 12.5 Å². The lowest BCUT2D eigenvalue weighted by Gasteiger charge is -2.13. The Morgan fingerprint density at radius 1 is 1.03 bits per heavy atom. The van der Waals surface area contributed by atoms with Crippen molar-refractivity contribution in [1.82, 2.24) is 19.4 Å². The van der Waals surface area contributed by atoms with Crippen LogP contribution in [-0.2, 0) is 0 Å². The zero-order valence-corrected chi connectivity index (χ0v) is 18.0. The van der Waals surface area contributed by atoms with Crippen molar-refractivity contribution in [3.8, 4) is 17.2 Å². The van der Waals surface area contributed by atoms with Gasteiger partial charge in [-0.15, -0.1) is 0 Å². The van der Waals surface area contributed by atoms with E-state index < -0.39 is 11.5 Å². The van der Waals surface area contributed by atoms with Gasteiger partial charge < -0.3 is 9.47 Å². The van der Waals surface area contributed by atoms with Gasteiger partial charge in [0.25, 0.3) is 11.5 Å². The van der Waals surface area contributed by atoms with Crippen molar-refractivity contribution in [3.05, 3.63) is 76.5 Å². The van der Waals surface area contributed by atoms with Crippen molar-refractivity contribution < 1.29 is 14.3 Å². The van der Waals surface area contributed by atoms with Crippen molar-refractivity contribution in [1.29, 1.82) is 0 Å². The molecule has 1 amide bonds. The molecule has 4 rings (SSSR count). The highest BCUT2D eigenvalue weighted by Crippen LogP contribution is 2.28. The van der Waals surface area contributed by atoms with Crippen LogP contribution in [0.3, 0.4) is 0 Å². The average Bonchev–Trinajstić information content (AvgIpc) is 3.22. The normalized spacial score (nSPS) is 10.8. The van der Waals surface area contributed by atoms with Gasteiger partial charge >= 0.3 is 0 Å². The topological polar surface area (TPSA) is 100 Å². The van der Waals surface area contributed by atoms with Crippen LogP contribution in [0.25, 0.3) is 16.7 Å². The first-order valence-electron chi connectivity index (χ1n) is 10.2. The number of benzene rings is 2. The lowest BCUT2D eigenvalue weighted by molar-refractivity contribution is 0.101. The van der Waals surface area contributed by atoms with Crippen molar-refractivity contribution in [2.45, 2.75) is 20.8 Å². The molecular weight excluding hydrogens is 410 g/mol. The smallest absolute Gasteiger partial charge is 0.283 e. The maximum Gasteiger partial charge on any atom is 0.283 e.